The Hall–Kier alpha value is -0.875. The predicted octanol–water partition coefficient (Wildman–Crippen LogP) is 3.23. The Kier molecular flexibility index (Phi) is 3.06. The molecule has 0 radical (unpaired) electrons. The van der Waals surface area contributed by atoms with Crippen LogP contribution in [0.25, 0.3) is 0 Å². The van der Waals surface area contributed by atoms with Crippen molar-refractivity contribution < 1.29 is 22.5 Å². The summed E-state index contributed by atoms with van der Waals surface area (Å²) < 4.78 is 43.6. The number of rotatable bonds is 1. The number of likely N-dealkylation sites (tertiary alicyclic amines) is 1. The highest BCUT2D eigenvalue weighted by Crippen LogP contribution is 2.60. The Bertz CT molecular complexity index is 353. The zero-order valence-corrected chi connectivity index (χ0v) is 10.8. The molecule has 104 valence electrons. The van der Waals surface area contributed by atoms with Crippen LogP contribution in [-0.4, -0.2) is 36.2 Å². The first-order valence-corrected chi connectivity index (χ1v) is 6.31. The summed E-state index contributed by atoms with van der Waals surface area (Å²) in [5.74, 6) is -1.69. The van der Waals surface area contributed by atoms with Crippen molar-refractivity contribution in [3.8, 4) is 0 Å². The van der Waals surface area contributed by atoms with Crippen LogP contribution in [0, 0.1) is 5.92 Å². The van der Waals surface area contributed by atoms with Gasteiger partial charge in [-0.15, -0.1) is 0 Å². The molecule has 0 N–H and O–H groups in total. The maximum Gasteiger partial charge on any atom is 0.483 e. The van der Waals surface area contributed by atoms with Crippen LogP contribution in [0.3, 0.4) is 0 Å². The summed E-state index contributed by atoms with van der Waals surface area (Å²) in [4.78, 5) is 13.1. The van der Waals surface area contributed by atoms with Crippen molar-refractivity contribution in [2.45, 2.75) is 51.1 Å². The second-order valence-electron chi connectivity index (χ2n) is 6.17. The first-order chi connectivity index (χ1) is 8.11. The number of amides is 1. The van der Waals surface area contributed by atoms with E-state index in [1.165, 1.54) is 4.90 Å². The Labute approximate surface area is 105 Å². The summed E-state index contributed by atoms with van der Waals surface area (Å²) in [5.41, 5.74) is -0.669. The monoisotopic (exact) mass is 264 g/mol. The topological polar surface area (TPSA) is 29.5 Å². The highest BCUT2D eigenvalue weighted by Gasteiger charge is 2.63. The average molecular weight is 264 g/mol. The Morgan fingerprint density at radius 2 is 1.94 bits per heavy atom. The molecule has 3 nitrogen and oxygen atoms in total. The van der Waals surface area contributed by atoms with Crippen LogP contribution in [0.1, 0.15) is 33.6 Å². The summed E-state index contributed by atoms with van der Waals surface area (Å²) >= 11 is 0. The zero-order chi connectivity index (χ0) is 13.7. The number of hydrogen-bond acceptors (Lipinski definition) is 2. The minimum Gasteiger partial charge on any atom is -0.449 e. The zero-order valence-electron chi connectivity index (χ0n) is 10.8. The summed E-state index contributed by atoms with van der Waals surface area (Å²) in [6.07, 6.45) is 0.582. The third kappa shape index (κ3) is 2.59. The molecule has 7 heteroatoms. The quantitative estimate of drug-likeness (QED) is 0.680. The standard InChI is InChI=1S/C11H18BF3NO2/c1-11(2,3)18-10(17)16-6-4-5-7-8(9(7)16)12(13,14)15/h7-9H,4-6H2,1-3H3/q-1/t7-,8-,9-/m1/s1. The van der Waals surface area contributed by atoms with Crippen LogP contribution in [0.2, 0.25) is 5.82 Å². The number of ether oxygens (including phenoxy) is 1. The second kappa shape index (κ2) is 4.06. The molecule has 1 aliphatic carbocycles. The largest absolute Gasteiger partial charge is 0.483 e. The predicted molar refractivity (Wildman–Crippen MR) is 62.3 cm³/mol. The number of carbonyl (C=O) groups is 1. The second-order valence-corrected chi connectivity index (χ2v) is 6.17. The normalized spacial score (nSPS) is 31.9. The maximum absolute atomic E-state index is 12.8. The summed E-state index contributed by atoms with van der Waals surface area (Å²) in [7, 11) is 0. The fraction of sp³-hybridized carbons (Fsp3) is 0.909. The molecule has 1 heterocycles. The van der Waals surface area contributed by atoms with Crippen molar-refractivity contribution in [1.82, 2.24) is 4.90 Å². The van der Waals surface area contributed by atoms with Crippen LogP contribution in [0.5, 0.6) is 0 Å². The van der Waals surface area contributed by atoms with Crippen molar-refractivity contribution in [3.63, 3.8) is 0 Å². The van der Waals surface area contributed by atoms with Crippen LogP contribution in [-0.2, 0) is 4.74 Å². The van der Waals surface area contributed by atoms with Gasteiger partial charge in [0.15, 0.2) is 0 Å². The first kappa shape index (κ1) is 13.6. The third-order valence-corrected chi connectivity index (χ3v) is 3.55. The van der Waals surface area contributed by atoms with E-state index >= 15 is 0 Å². The van der Waals surface area contributed by atoms with E-state index in [9.17, 15) is 17.7 Å². The molecule has 1 saturated carbocycles. The Morgan fingerprint density at radius 3 is 2.44 bits per heavy atom. The molecule has 0 spiro atoms. The molecule has 0 bridgehead atoms. The maximum atomic E-state index is 12.8. The van der Waals surface area contributed by atoms with Gasteiger partial charge in [0.25, 0.3) is 0 Å². The van der Waals surface area contributed by atoms with E-state index in [0.29, 0.717) is 19.4 Å². The molecule has 2 aliphatic rings. The lowest BCUT2D eigenvalue weighted by molar-refractivity contribution is 0.0193. The van der Waals surface area contributed by atoms with Crippen molar-refractivity contribution in [3.05, 3.63) is 0 Å². The van der Waals surface area contributed by atoms with Gasteiger partial charge < -0.3 is 22.6 Å². The van der Waals surface area contributed by atoms with Crippen molar-refractivity contribution in [2.24, 2.45) is 5.92 Å². The molecule has 0 aromatic rings. The van der Waals surface area contributed by atoms with Gasteiger partial charge in [0, 0.05) is 12.6 Å². The van der Waals surface area contributed by atoms with Crippen molar-refractivity contribution >= 4 is 13.1 Å². The number of halogens is 3. The van der Waals surface area contributed by atoms with Crippen LogP contribution >= 0.6 is 0 Å². The molecule has 1 amide bonds. The molecule has 2 rings (SSSR count). The lowest BCUT2D eigenvalue weighted by Gasteiger charge is -2.30. The number of nitrogens with zero attached hydrogens (tertiary/aromatic N) is 1. The SMILES string of the molecule is CC(C)(C)OC(=O)N1CCC[C@H]2[C@@H]1[C@@H]2[B-](F)(F)F. The molecular formula is C11H18BF3NO2-. The van der Waals surface area contributed by atoms with Crippen LogP contribution < -0.4 is 0 Å². The Balaban J connectivity index is 2.04. The minimum absolute atomic E-state index is 0.374. The van der Waals surface area contributed by atoms with Gasteiger partial charge in [0.05, 0.1) is 0 Å². The molecule has 0 aromatic heterocycles. The molecular weight excluding hydrogens is 246 g/mol. The summed E-state index contributed by atoms with van der Waals surface area (Å²) in [5, 5.41) is 0. The lowest BCUT2D eigenvalue weighted by atomic mass is 9.81. The lowest BCUT2D eigenvalue weighted by Crippen LogP contribution is -2.42. The summed E-state index contributed by atoms with van der Waals surface area (Å²) in [6.45, 7) is 0.656. The number of piperidine rings is 1. The van der Waals surface area contributed by atoms with Crippen molar-refractivity contribution in [1.29, 1.82) is 0 Å². The van der Waals surface area contributed by atoms with Crippen molar-refractivity contribution in [2.75, 3.05) is 6.54 Å². The van der Waals surface area contributed by atoms with Gasteiger partial charge in [0.2, 0.25) is 0 Å². The minimum atomic E-state index is -4.86. The van der Waals surface area contributed by atoms with Gasteiger partial charge in [-0.3, -0.25) is 0 Å². The molecule has 3 atom stereocenters. The van der Waals surface area contributed by atoms with Gasteiger partial charge in [-0.05, 0) is 45.3 Å². The molecule has 1 saturated heterocycles. The van der Waals surface area contributed by atoms with Gasteiger partial charge >= 0.3 is 13.1 Å². The van der Waals surface area contributed by atoms with Crippen LogP contribution in [0.4, 0.5) is 17.7 Å². The summed E-state index contributed by atoms with van der Waals surface area (Å²) in [6, 6.07) is -0.673. The molecule has 0 unspecified atom stereocenters. The van der Waals surface area contributed by atoms with Gasteiger partial charge in [-0.2, -0.15) is 0 Å². The third-order valence-electron chi connectivity index (χ3n) is 3.55. The highest BCUT2D eigenvalue weighted by molar-refractivity contribution is 6.61. The van der Waals surface area contributed by atoms with Gasteiger partial charge in [-0.1, -0.05) is 0 Å². The highest BCUT2D eigenvalue weighted by atomic mass is 19.4. The van der Waals surface area contributed by atoms with E-state index in [0.717, 1.165) is 0 Å². The van der Waals surface area contributed by atoms with Crippen LogP contribution in [0.15, 0.2) is 0 Å². The molecule has 2 fully saturated rings. The van der Waals surface area contributed by atoms with E-state index in [-0.39, 0.29) is 0 Å². The molecule has 1 aliphatic heterocycles. The van der Waals surface area contributed by atoms with E-state index in [4.69, 9.17) is 4.74 Å². The smallest absolute Gasteiger partial charge is 0.449 e. The number of carbonyl (C=O) groups excluding carboxylic acids is 1. The molecule has 18 heavy (non-hydrogen) atoms. The van der Waals surface area contributed by atoms with Gasteiger partial charge in [-0.25, -0.2) is 4.79 Å². The fourth-order valence-electron chi connectivity index (χ4n) is 2.87. The first-order valence-electron chi connectivity index (χ1n) is 6.31. The van der Waals surface area contributed by atoms with Gasteiger partial charge in [0.1, 0.15) is 5.60 Å². The van der Waals surface area contributed by atoms with E-state index < -0.39 is 36.4 Å². The number of hydrogen-bond donors (Lipinski definition) is 0. The van der Waals surface area contributed by atoms with E-state index in [2.05, 4.69) is 0 Å². The average Bonchev–Trinajstić information content (AvgIpc) is 2.86. The molecule has 0 aromatic carbocycles. The van der Waals surface area contributed by atoms with E-state index in [1.54, 1.807) is 20.8 Å². The Morgan fingerprint density at radius 1 is 1.33 bits per heavy atom. The number of fused-ring (bicyclic) bond motifs is 1. The fourth-order valence-corrected chi connectivity index (χ4v) is 2.87. The van der Waals surface area contributed by atoms with E-state index in [1.807, 2.05) is 0 Å².